The van der Waals surface area contributed by atoms with Crippen molar-refractivity contribution in [1.82, 2.24) is 4.90 Å². The molecule has 0 aliphatic carbocycles. The zero-order chi connectivity index (χ0) is 15.4. The van der Waals surface area contributed by atoms with Crippen LogP contribution < -0.4 is 0 Å². The Balaban J connectivity index is 1.90. The van der Waals surface area contributed by atoms with Crippen molar-refractivity contribution in [3.63, 3.8) is 0 Å². The predicted molar refractivity (Wildman–Crippen MR) is 82.5 cm³/mol. The van der Waals surface area contributed by atoms with Gasteiger partial charge in [-0.3, -0.25) is 4.90 Å². The lowest BCUT2D eigenvalue weighted by Gasteiger charge is -2.36. The van der Waals surface area contributed by atoms with Crippen LogP contribution in [-0.2, 0) is 9.53 Å². The molecular weight excluding hydrogens is 266 g/mol. The van der Waals surface area contributed by atoms with Crippen molar-refractivity contribution in [2.45, 2.75) is 45.8 Å². The molecule has 1 saturated heterocycles. The molecule has 2 rings (SSSR count). The molecule has 4 heteroatoms. The van der Waals surface area contributed by atoms with Crippen molar-refractivity contribution in [2.24, 2.45) is 0 Å². The van der Waals surface area contributed by atoms with Gasteiger partial charge in [0.25, 0.3) is 0 Å². The topological polar surface area (TPSA) is 49.8 Å². The van der Waals surface area contributed by atoms with Gasteiger partial charge in [0.15, 0.2) is 0 Å². The Hall–Kier alpha value is -1.39. The Kier molecular flexibility index (Phi) is 5.37. The minimum atomic E-state index is -0.888. The number of ether oxygens (including phenoxy) is 1. The number of aliphatic carboxylic acids is 1. The summed E-state index contributed by atoms with van der Waals surface area (Å²) in [5, 5.41) is 8.65. The number of carboxylic acids is 1. The molecule has 0 saturated carbocycles. The fourth-order valence-electron chi connectivity index (χ4n) is 3.11. The van der Waals surface area contributed by atoms with Crippen LogP contribution in [-0.4, -0.2) is 41.8 Å². The molecule has 1 aliphatic heterocycles. The highest BCUT2D eigenvalue weighted by Crippen LogP contribution is 2.27. The molecule has 0 radical (unpaired) electrons. The van der Waals surface area contributed by atoms with Gasteiger partial charge in [-0.05, 0) is 44.7 Å². The van der Waals surface area contributed by atoms with Gasteiger partial charge in [0.05, 0.1) is 6.10 Å². The third kappa shape index (κ3) is 4.29. The summed E-state index contributed by atoms with van der Waals surface area (Å²) < 4.78 is 5.39. The van der Waals surface area contributed by atoms with Crippen molar-refractivity contribution in [1.29, 1.82) is 0 Å². The minimum Gasteiger partial charge on any atom is -0.480 e. The van der Waals surface area contributed by atoms with Gasteiger partial charge >= 0.3 is 5.97 Å². The molecule has 0 spiro atoms. The Morgan fingerprint density at radius 1 is 1.38 bits per heavy atom. The molecule has 1 atom stereocenters. The number of hydrogen-bond donors (Lipinski definition) is 1. The number of benzene rings is 1. The van der Waals surface area contributed by atoms with Crippen LogP contribution in [0.1, 0.15) is 42.5 Å². The van der Waals surface area contributed by atoms with E-state index in [0.717, 1.165) is 25.9 Å². The summed E-state index contributed by atoms with van der Waals surface area (Å²) >= 11 is 0. The van der Waals surface area contributed by atoms with E-state index in [1.165, 1.54) is 16.7 Å². The maximum absolute atomic E-state index is 10.5. The largest absolute Gasteiger partial charge is 0.480 e. The van der Waals surface area contributed by atoms with Gasteiger partial charge in [-0.2, -0.15) is 0 Å². The molecule has 1 aliphatic rings. The van der Waals surface area contributed by atoms with E-state index in [0.29, 0.717) is 6.04 Å². The van der Waals surface area contributed by atoms with E-state index in [1.54, 1.807) is 0 Å². The number of likely N-dealkylation sites (tertiary alicyclic amines) is 1. The van der Waals surface area contributed by atoms with E-state index in [9.17, 15) is 4.79 Å². The van der Waals surface area contributed by atoms with Crippen LogP contribution in [0.2, 0.25) is 0 Å². The SMILES string of the molecule is Cc1ccc(C(C)N2CCC(OCC(=O)O)CC2)c(C)c1. The maximum atomic E-state index is 10.5. The number of hydrogen-bond acceptors (Lipinski definition) is 3. The molecule has 1 aromatic carbocycles. The van der Waals surface area contributed by atoms with Gasteiger partial charge in [0, 0.05) is 19.1 Å². The normalized spacial score (nSPS) is 18.6. The van der Waals surface area contributed by atoms with Gasteiger partial charge in [-0.1, -0.05) is 23.8 Å². The predicted octanol–water partition coefficient (Wildman–Crippen LogP) is 2.93. The number of carboxylic acid groups (broad SMARTS) is 1. The lowest BCUT2D eigenvalue weighted by molar-refractivity contribution is -0.145. The first kappa shape index (κ1) is 16.0. The Morgan fingerprint density at radius 3 is 2.62 bits per heavy atom. The van der Waals surface area contributed by atoms with Crippen molar-refractivity contribution in [3.8, 4) is 0 Å². The Labute approximate surface area is 126 Å². The third-order valence-corrected chi connectivity index (χ3v) is 4.34. The van der Waals surface area contributed by atoms with Crippen molar-refractivity contribution < 1.29 is 14.6 Å². The smallest absolute Gasteiger partial charge is 0.329 e. The fraction of sp³-hybridized carbons (Fsp3) is 0.588. The Morgan fingerprint density at radius 2 is 2.05 bits per heavy atom. The first-order chi connectivity index (χ1) is 9.97. The van der Waals surface area contributed by atoms with Crippen LogP contribution in [0.4, 0.5) is 0 Å². The summed E-state index contributed by atoms with van der Waals surface area (Å²) in [6.07, 6.45) is 1.90. The van der Waals surface area contributed by atoms with E-state index >= 15 is 0 Å². The number of rotatable bonds is 5. The summed E-state index contributed by atoms with van der Waals surface area (Å²) in [7, 11) is 0. The molecule has 1 unspecified atom stereocenters. The number of piperidine rings is 1. The van der Waals surface area contributed by atoms with Crippen LogP contribution in [0, 0.1) is 13.8 Å². The number of aryl methyl sites for hydroxylation is 2. The summed E-state index contributed by atoms with van der Waals surface area (Å²) in [5.41, 5.74) is 4.02. The molecule has 21 heavy (non-hydrogen) atoms. The summed E-state index contributed by atoms with van der Waals surface area (Å²) in [6, 6.07) is 7.02. The molecular formula is C17H25NO3. The molecule has 4 nitrogen and oxygen atoms in total. The summed E-state index contributed by atoms with van der Waals surface area (Å²) in [5.74, 6) is -0.888. The van der Waals surface area contributed by atoms with Crippen LogP contribution in [0.25, 0.3) is 0 Å². The molecule has 0 bridgehead atoms. The molecule has 1 fully saturated rings. The van der Waals surface area contributed by atoms with E-state index in [4.69, 9.17) is 9.84 Å². The number of nitrogens with zero attached hydrogens (tertiary/aromatic N) is 1. The van der Waals surface area contributed by atoms with E-state index < -0.39 is 5.97 Å². The first-order valence-corrected chi connectivity index (χ1v) is 7.62. The average molecular weight is 291 g/mol. The molecule has 0 amide bonds. The maximum Gasteiger partial charge on any atom is 0.329 e. The van der Waals surface area contributed by atoms with Gasteiger partial charge in [-0.15, -0.1) is 0 Å². The van der Waals surface area contributed by atoms with Crippen LogP contribution in [0.15, 0.2) is 18.2 Å². The van der Waals surface area contributed by atoms with E-state index in [2.05, 4.69) is 43.9 Å². The highest BCUT2D eigenvalue weighted by molar-refractivity contribution is 5.68. The highest BCUT2D eigenvalue weighted by Gasteiger charge is 2.25. The quantitative estimate of drug-likeness (QED) is 0.906. The fourth-order valence-corrected chi connectivity index (χ4v) is 3.11. The minimum absolute atomic E-state index is 0.0867. The second kappa shape index (κ2) is 7.05. The lowest BCUT2D eigenvalue weighted by Crippen LogP contribution is -2.39. The monoisotopic (exact) mass is 291 g/mol. The van der Waals surface area contributed by atoms with Crippen molar-refractivity contribution in [3.05, 3.63) is 34.9 Å². The van der Waals surface area contributed by atoms with Gasteiger partial charge < -0.3 is 9.84 Å². The lowest BCUT2D eigenvalue weighted by atomic mass is 9.97. The molecule has 1 N–H and O–H groups in total. The van der Waals surface area contributed by atoms with Gasteiger partial charge in [-0.25, -0.2) is 4.79 Å². The van der Waals surface area contributed by atoms with Crippen molar-refractivity contribution >= 4 is 5.97 Å². The van der Waals surface area contributed by atoms with E-state index in [-0.39, 0.29) is 12.7 Å². The molecule has 116 valence electrons. The van der Waals surface area contributed by atoms with Gasteiger partial charge in [0.2, 0.25) is 0 Å². The number of carbonyl (C=O) groups is 1. The second-order valence-corrected chi connectivity index (χ2v) is 5.98. The molecule has 1 aromatic rings. The second-order valence-electron chi connectivity index (χ2n) is 5.98. The van der Waals surface area contributed by atoms with Gasteiger partial charge in [0.1, 0.15) is 6.61 Å². The third-order valence-electron chi connectivity index (χ3n) is 4.34. The van der Waals surface area contributed by atoms with Crippen LogP contribution in [0.3, 0.4) is 0 Å². The summed E-state index contributed by atoms with van der Waals surface area (Å²) in [6.45, 7) is 8.26. The average Bonchev–Trinajstić information content (AvgIpc) is 2.45. The van der Waals surface area contributed by atoms with E-state index in [1.807, 2.05) is 0 Å². The Bertz CT molecular complexity index is 493. The summed E-state index contributed by atoms with van der Waals surface area (Å²) in [4.78, 5) is 13.0. The zero-order valence-corrected chi connectivity index (χ0v) is 13.1. The zero-order valence-electron chi connectivity index (χ0n) is 13.1. The van der Waals surface area contributed by atoms with Crippen molar-refractivity contribution in [2.75, 3.05) is 19.7 Å². The van der Waals surface area contributed by atoms with Crippen LogP contribution >= 0.6 is 0 Å². The first-order valence-electron chi connectivity index (χ1n) is 7.62. The molecule has 0 aromatic heterocycles. The highest BCUT2D eigenvalue weighted by atomic mass is 16.5. The van der Waals surface area contributed by atoms with Crippen LogP contribution in [0.5, 0.6) is 0 Å². The molecule has 1 heterocycles. The standard InChI is InChI=1S/C17H25NO3/c1-12-4-5-16(13(2)10-12)14(3)18-8-6-15(7-9-18)21-11-17(19)20/h4-5,10,14-15H,6-9,11H2,1-3H3,(H,19,20).